The first-order chi connectivity index (χ1) is 14.4. The van der Waals surface area contributed by atoms with Crippen molar-refractivity contribution in [1.29, 1.82) is 0 Å². The number of halogens is 1. The van der Waals surface area contributed by atoms with Crippen molar-refractivity contribution in [2.45, 2.75) is 13.0 Å². The Morgan fingerprint density at radius 1 is 1.13 bits per heavy atom. The second-order valence-corrected chi connectivity index (χ2v) is 6.76. The number of methoxy groups -OCH3 is 2. The van der Waals surface area contributed by atoms with E-state index in [1.54, 1.807) is 43.0 Å². The number of hydrogen-bond donors (Lipinski definition) is 2. The number of anilines is 1. The predicted molar refractivity (Wildman–Crippen MR) is 109 cm³/mol. The zero-order valence-corrected chi connectivity index (χ0v) is 16.6. The molecular formula is C21H20FN5O3. The largest absolute Gasteiger partial charge is 0.493 e. The van der Waals surface area contributed by atoms with Gasteiger partial charge in [0, 0.05) is 11.3 Å². The van der Waals surface area contributed by atoms with Crippen LogP contribution in [0, 0.1) is 5.82 Å². The smallest absolute Gasteiger partial charge is 0.248 e. The standard InChI is InChI=1S/C21H20FN5O3/c1-11-17(19(23)28)18(13-6-9-15(29-2)16(10-13)30-3)27-21(24-11)25-20(26-27)12-4-7-14(22)8-5-12/h4-10,18H,1-3H3,(H2,23,28)(H,24,25,26). The maximum Gasteiger partial charge on any atom is 0.248 e. The lowest BCUT2D eigenvalue weighted by atomic mass is 9.95. The molecule has 1 atom stereocenters. The SMILES string of the molecule is COc1ccc(C2C(C(N)=O)=C(C)Nc3nc(-c4ccc(F)cc4)nn32)cc1OC. The van der Waals surface area contributed by atoms with Crippen LogP contribution in [0.1, 0.15) is 18.5 Å². The van der Waals surface area contributed by atoms with E-state index in [-0.39, 0.29) is 5.82 Å². The highest BCUT2D eigenvalue weighted by molar-refractivity contribution is 5.95. The van der Waals surface area contributed by atoms with Gasteiger partial charge in [-0.15, -0.1) is 5.10 Å². The molecule has 1 aromatic heterocycles. The molecule has 3 aromatic rings. The zero-order chi connectivity index (χ0) is 21.4. The number of ether oxygens (including phenoxy) is 2. The van der Waals surface area contributed by atoms with Gasteiger partial charge in [0.1, 0.15) is 11.9 Å². The van der Waals surface area contributed by atoms with Crippen LogP contribution < -0.4 is 20.5 Å². The molecule has 3 N–H and O–H groups in total. The summed E-state index contributed by atoms with van der Waals surface area (Å²) in [6, 6.07) is 10.6. The lowest BCUT2D eigenvalue weighted by Crippen LogP contribution is -2.31. The molecule has 2 heterocycles. The number of nitrogens with zero attached hydrogens (tertiary/aromatic N) is 3. The number of rotatable bonds is 5. The first-order valence-electron chi connectivity index (χ1n) is 9.15. The molecule has 1 aliphatic heterocycles. The topological polar surface area (TPSA) is 104 Å². The van der Waals surface area contributed by atoms with Gasteiger partial charge < -0.3 is 20.5 Å². The minimum absolute atomic E-state index is 0.349. The van der Waals surface area contributed by atoms with Crippen molar-refractivity contribution >= 4 is 11.9 Å². The molecule has 1 amide bonds. The zero-order valence-electron chi connectivity index (χ0n) is 16.6. The summed E-state index contributed by atoms with van der Waals surface area (Å²) in [7, 11) is 3.08. The first kappa shape index (κ1) is 19.4. The van der Waals surface area contributed by atoms with Crippen LogP contribution in [0.25, 0.3) is 11.4 Å². The lowest BCUT2D eigenvalue weighted by molar-refractivity contribution is -0.115. The Bertz CT molecular complexity index is 1150. The van der Waals surface area contributed by atoms with E-state index in [1.807, 2.05) is 6.07 Å². The summed E-state index contributed by atoms with van der Waals surface area (Å²) in [5.41, 5.74) is 8.00. The van der Waals surface area contributed by atoms with Crippen molar-refractivity contribution in [1.82, 2.24) is 14.8 Å². The molecule has 1 unspecified atom stereocenters. The molecule has 2 aromatic carbocycles. The molecule has 9 heteroatoms. The Balaban J connectivity index is 1.88. The van der Waals surface area contributed by atoms with Crippen LogP contribution in [-0.4, -0.2) is 34.9 Å². The van der Waals surface area contributed by atoms with Gasteiger partial charge in [0.25, 0.3) is 0 Å². The maximum absolute atomic E-state index is 13.3. The average molecular weight is 409 g/mol. The maximum atomic E-state index is 13.3. The van der Waals surface area contributed by atoms with Crippen molar-refractivity contribution in [3.8, 4) is 22.9 Å². The third-order valence-corrected chi connectivity index (χ3v) is 4.94. The number of carbonyl (C=O) groups excluding carboxylic acids is 1. The van der Waals surface area contributed by atoms with Gasteiger partial charge in [-0.3, -0.25) is 4.79 Å². The van der Waals surface area contributed by atoms with E-state index in [2.05, 4.69) is 15.4 Å². The predicted octanol–water partition coefficient (Wildman–Crippen LogP) is 2.88. The van der Waals surface area contributed by atoms with Crippen molar-refractivity contribution in [3.05, 3.63) is 65.1 Å². The van der Waals surface area contributed by atoms with Crippen LogP contribution in [-0.2, 0) is 4.79 Å². The van der Waals surface area contributed by atoms with Crippen LogP contribution >= 0.6 is 0 Å². The number of carbonyl (C=O) groups is 1. The number of amides is 1. The minimum atomic E-state index is -0.625. The van der Waals surface area contributed by atoms with Gasteiger partial charge in [0.2, 0.25) is 11.9 Å². The quantitative estimate of drug-likeness (QED) is 0.672. The highest BCUT2D eigenvalue weighted by Gasteiger charge is 2.34. The third-order valence-electron chi connectivity index (χ3n) is 4.94. The molecular weight excluding hydrogens is 389 g/mol. The Labute approximate surface area is 172 Å². The van der Waals surface area contributed by atoms with Crippen LogP contribution in [0.4, 0.5) is 10.3 Å². The summed E-state index contributed by atoms with van der Waals surface area (Å²) in [4.78, 5) is 16.8. The molecule has 1 aliphatic rings. The monoisotopic (exact) mass is 409 g/mol. The fraction of sp³-hybridized carbons (Fsp3) is 0.190. The molecule has 0 aliphatic carbocycles. The second-order valence-electron chi connectivity index (χ2n) is 6.76. The number of nitrogens with two attached hydrogens (primary N) is 1. The van der Waals surface area contributed by atoms with Gasteiger partial charge in [-0.25, -0.2) is 9.07 Å². The molecule has 0 fully saturated rings. The fourth-order valence-electron chi connectivity index (χ4n) is 3.52. The number of allylic oxidation sites excluding steroid dienone is 1. The van der Waals surface area contributed by atoms with Gasteiger partial charge in [-0.1, -0.05) is 6.07 Å². The molecule has 30 heavy (non-hydrogen) atoms. The molecule has 4 rings (SSSR count). The number of nitrogens with one attached hydrogen (secondary N) is 1. The Hall–Kier alpha value is -3.88. The van der Waals surface area contributed by atoms with E-state index in [0.29, 0.717) is 40.1 Å². The van der Waals surface area contributed by atoms with Gasteiger partial charge in [-0.05, 0) is 48.9 Å². The third kappa shape index (κ3) is 3.24. The van der Waals surface area contributed by atoms with Gasteiger partial charge >= 0.3 is 0 Å². The van der Waals surface area contributed by atoms with Gasteiger partial charge in [0.05, 0.1) is 19.8 Å². The summed E-state index contributed by atoms with van der Waals surface area (Å²) >= 11 is 0. The van der Waals surface area contributed by atoms with Crippen LogP contribution in [0.2, 0.25) is 0 Å². The van der Waals surface area contributed by atoms with E-state index in [4.69, 9.17) is 15.2 Å². The number of benzene rings is 2. The van der Waals surface area contributed by atoms with E-state index in [1.165, 1.54) is 19.2 Å². The van der Waals surface area contributed by atoms with E-state index < -0.39 is 11.9 Å². The van der Waals surface area contributed by atoms with Crippen LogP contribution in [0.5, 0.6) is 11.5 Å². The molecule has 154 valence electrons. The second kappa shape index (κ2) is 7.51. The van der Waals surface area contributed by atoms with Gasteiger partial charge in [-0.2, -0.15) is 4.98 Å². The number of fused-ring (bicyclic) bond motifs is 1. The molecule has 0 radical (unpaired) electrons. The Morgan fingerprint density at radius 2 is 1.83 bits per heavy atom. The number of primary amides is 1. The van der Waals surface area contributed by atoms with Crippen molar-refractivity contribution < 1.29 is 18.7 Å². The first-order valence-corrected chi connectivity index (χ1v) is 9.15. The Kier molecular flexibility index (Phi) is 4.86. The average Bonchev–Trinajstić information content (AvgIpc) is 3.15. The van der Waals surface area contributed by atoms with Crippen molar-refractivity contribution in [2.75, 3.05) is 19.5 Å². The summed E-state index contributed by atoms with van der Waals surface area (Å²) in [6.07, 6.45) is 0. The van der Waals surface area contributed by atoms with Crippen molar-refractivity contribution in [2.24, 2.45) is 5.73 Å². The van der Waals surface area contributed by atoms with Crippen LogP contribution in [0.3, 0.4) is 0 Å². The fourth-order valence-corrected chi connectivity index (χ4v) is 3.52. The normalized spacial score (nSPS) is 15.4. The molecule has 0 saturated heterocycles. The summed E-state index contributed by atoms with van der Waals surface area (Å²) in [5.74, 6) is 0.970. The highest BCUT2D eigenvalue weighted by atomic mass is 19.1. The molecule has 0 bridgehead atoms. The minimum Gasteiger partial charge on any atom is -0.493 e. The molecule has 8 nitrogen and oxygen atoms in total. The summed E-state index contributed by atoms with van der Waals surface area (Å²) in [6.45, 7) is 1.75. The Morgan fingerprint density at radius 3 is 2.47 bits per heavy atom. The van der Waals surface area contributed by atoms with Gasteiger partial charge in [0.15, 0.2) is 17.3 Å². The molecule has 0 saturated carbocycles. The molecule has 0 spiro atoms. The van der Waals surface area contributed by atoms with Crippen LogP contribution in [0.15, 0.2) is 53.7 Å². The highest BCUT2D eigenvalue weighted by Crippen LogP contribution is 2.39. The van der Waals surface area contributed by atoms with Crippen molar-refractivity contribution in [3.63, 3.8) is 0 Å². The number of aromatic nitrogens is 3. The summed E-state index contributed by atoms with van der Waals surface area (Å²) in [5, 5.41) is 7.66. The van der Waals surface area contributed by atoms with E-state index in [9.17, 15) is 9.18 Å². The van der Waals surface area contributed by atoms with E-state index >= 15 is 0 Å². The van der Waals surface area contributed by atoms with E-state index in [0.717, 1.165) is 5.56 Å². The summed E-state index contributed by atoms with van der Waals surface area (Å²) < 4.78 is 25.6. The lowest BCUT2D eigenvalue weighted by Gasteiger charge is -2.28. The number of hydrogen-bond acceptors (Lipinski definition) is 6.